The summed E-state index contributed by atoms with van der Waals surface area (Å²) in [5, 5.41) is 14.1. The maximum absolute atomic E-state index is 13.0. The lowest BCUT2D eigenvalue weighted by Gasteiger charge is -2.29. The SMILES string of the molecule is O=C(N[C@H](CN1CCCC1)[C@H](O)c1ccc2c(c1)OCCO2)C(=O)c1ccc(-c2ccccn2)cc1. The molecule has 2 N–H and O–H groups in total. The second kappa shape index (κ2) is 10.9. The summed E-state index contributed by atoms with van der Waals surface area (Å²) in [6.45, 7) is 3.14. The summed E-state index contributed by atoms with van der Waals surface area (Å²) in [4.78, 5) is 32.5. The number of rotatable bonds is 8. The Hall–Kier alpha value is -3.75. The molecule has 3 aromatic rings. The van der Waals surface area contributed by atoms with E-state index >= 15 is 0 Å². The average Bonchev–Trinajstić information content (AvgIpc) is 3.45. The normalized spacial score (nSPS) is 16.8. The van der Waals surface area contributed by atoms with E-state index < -0.39 is 23.8 Å². The number of carbonyl (C=O) groups excluding carboxylic acids is 2. The van der Waals surface area contributed by atoms with Crippen molar-refractivity contribution in [2.24, 2.45) is 0 Å². The van der Waals surface area contributed by atoms with Crippen LogP contribution < -0.4 is 14.8 Å². The van der Waals surface area contributed by atoms with E-state index in [-0.39, 0.29) is 5.56 Å². The Kier molecular flexibility index (Phi) is 7.25. The Labute approximate surface area is 209 Å². The Bertz CT molecular complexity index is 1210. The molecule has 2 aliphatic heterocycles. The van der Waals surface area contributed by atoms with Gasteiger partial charge in [0.25, 0.3) is 5.91 Å². The molecule has 36 heavy (non-hydrogen) atoms. The van der Waals surface area contributed by atoms with Gasteiger partial charge in [-0.15, -0.1) is 0 Å². The number of pyridine rings is 1. The predicted octanol–water partition coefficient (Wildman–Crippen LogP) is 3.02. The summed E-state index contributed by atoms with van der Waals surface area (Å²) in [6.07, 6.45) is 2.82. The van der Waals surface area contributed by atoms with Crippen LogP contribution in [0.2, 0.25) is 0 Å². The summed E-state index contributed by atoms with van der Waals surface area (Å²) in [5.74, 6) is -0.209. The topological polar surface area (TPSA) is 101 Å². The number of aromatic nitrogens is 1. The van der Waals surface area contributed by atoms with Crippen LogP contribution in [0.5, 0.6) is 11.5 Å². The molecule has 5 rings (SSSR count). The number of amides is 1. The van der Waals surface area contributed by atoms with Crippen molar-refractivity contribution in [2.75, 3.05) is 32.8 Å². The summed E-state index contributed by atoms with van der Waals surface area (Å²) >= 11 is 0. The molecule has 0 saturated carbocycles. The van der Waals surface area contributed by atoms with Gasteiger partial charge in [-0.25, -0.2) is 0 Å². The average molecular weight is 488 g/mol. The number of fused-ring (bicyclic) bond motifs is 1. The van der Waals surface area contributed by atoms with Crippen molar-refractivity contribution in [2.45, 2.75) is 25.0 Å². The molecule has 186 valence electrons. The van der Waals surface area contributed by atoms with Crippen molar-refractivity contribution in [3.8, 4) is 22.8 Å². The maximum atomic E-state index is 13.0. The molecule has 0 bridgehead atoms. The van der Waals surface area contributed by atoms with E-state index in [9.17, 15) is 14.7 Å². The Morgan fingerprint density at radius 1 is 0.972 bits per heavy atom. The number of nitrogens with one attached hydrogen (secondary N) is 1. The molecule has 2 atom stereocenters. The van der Waals surface area contributed by atoms with E-state index in [2.05, 4.69) is 15.2 Å². The molecule has 2 aliphatic rings. The Morgan fingerprint density at radius 3 is 2.44 bits per heavy atom. The number of nitrogens with zero attached hydrogens (tertiary/aromatic N) is 2. The highest BCUT2D eigenvalue weighted by molar-refractivity contribution is 6.42. The van der Waals surface area contributed by atoms with E-state index in [1.807, 2.05) is 18.2 Å². The molecular formula is C28H29N3O5. The lowest BCUT2D eigenvalue weighted by atomic mass is 10.00. The van der Waals surface area contributed by atoms with Crippen LogP contribution in [0.25, 0.3) is 11.3 Å². The zero-order valence-corrected chi connectivity index (χ0v) is 19.9. The molecule has 8 nitrogen and oxygen atoms in total. The molecule has 1 amide bonds. The standard InChI is InChI=1S/C28H29N3O5/c32-26(21-10-11-24-25(17-21)36-16-15-35-24)23(18-31-13-3-4-14-31)30-28(34)27(33)20-8-6-19(7-9-20)22-5-1-2-12-29-22/h1-2,5-12,17,23,26,32H,3-4,13-16,18H2,(H,30,34)/t23-,26-/m1/s1. The number of hydrogen-bond acceptors (Lipinski definition) is 7. The van der Waals surface area contributed by atoms with Gasteiger partial charge in [0.15, 0.2) is 11.5 Å². The van der Waals surface area contributed by atoms with Crippen molar-refractivity contribution in [3.63, 3.8) is 0 Å². The Balaban J connectivity index is 1.32. The van der Waals surface area contributed by atoms with Gasteiger partial charge in [-0.05, 0) is 55.8 Å². The number of hydrogen-bond donors (Lipinski definition) is 2. The third-order valence-corrected chi connectivity index (χ3v) is 6.57. The van der Waals surface area contributed by atoms with E-state index in [0.717, 1.165) is 37.2 Å². The number of carbonyl (C=O) groups is 2. The first-order chi connectivity index (χ1) is 17.6. The first-order valence-electron chi connectivity index (χ1n) is 12.2. The molecule has 0 spiro atoms. The third kappa shape index (κ3) is 5.40. The molecule has 2 aromatic carbocycles. The van der Waals surface area contributed by atoms with Crippen molar-refractivity contribution in [3.05, 3.63) is 78.0 Å². The largest absolute Gasteiger partial charge is 0.486 e. The number of aliphatic hydroxyl groups excluding tert-OH is 1. The zero-order chi connectivity index (χ0) is 24.9. The van der Waals surface area contributed by atoms with Crippen LogP contribution in [0.3, 0.4) is 0 Å². The quantitative estimate of drug-likeness (QED) is 0.372. The van der Waals surface area contributed by atoms with Gasteiger partial charge < -0.3 is 24.8 Å². The van der Waals surface area contributed by atoms with Crippen molar-refractivity contribution in [1.82, 2.24) is 15.2 Å². The maximum Gasteiger partial charge on any atom is 0.292 e. The van der Waals surface area contributed by atoms with E-state index in [4.69, 9.17) is 9.47 Å². The summed E-state index contributed by atoms with van der Waals surface area (Å²) in [6, 6.07) is 17.0. The Morgan fingerprint density at radius 2 is 1.72 bits per heavy atom. The molecule has 1 aromatic heterocycles. The van der Waals surface area contributed by atoms with Gasteiger partial charge in [0.1, 0.15) is 19.3 Å². The molecule has 0 unspecified atom stereocenters. The number of aliphatic hydroxyl groups is 1. The van der Waals surface area contributed by atoms with E-state index in [1.165, 1.54) is 0 Å². The molecule has 1 saturated heterocycles. The third-order valence-electron chi connectivity index (χ3n) is 6.57. The number of likely N-dealkylation sites (tertiary alicyclic amines) is 1. The summed E-state index contributed by atoms with van der Waals surface area (Å²) in [5.41, 5.74) is 2.51. The number of ketones is 1. The predicted molar refractivity (Wildman–Crippen MR) is 134 cm³/mol. The minimum Gasteiger partial charge on any atom is -0.486 e. The van der Waals surface area contributed by atoms with Gasteiger partial charge in [0.2, 0.25) is 5.78 Å². The van der Waals surface area contributed by atoms with Crippen molar-refractivity contribution >= 4 is 11.7 Å². The van der Waals surface area contributed by atoms with Crippen LogP contribution in [0.4, 0.5) is 0 Å². The fourth-order valence-electron chi connectivity index (χ4n) is 4.63. The van der Waals surface area contributed by atoms with E-state index in [1.54, 1.807) is 48.7 Å². The van der Waals surface area contributed by atoms with Crippen molar-refractivity contribution in [1.29, 1.82) is 0 Å². The van der Waals surface area contributed by atoms with Crippen LogP contribution in [0.1, 0.15) is 34.9 Å². The lowest BCUT2D eigenvalue weighted by molar-refractivity contribution is -0.118. The summed E-state index contributed by atoms with van der Waals surface area (Å²) in [7, 11) is 0. The molecule has 8 heteroatoms. The molecule has 1 fully saturated rings. The van der Waals surface area contributed by atoms with Crippen LogP contribution in [-0.4, -0.2) is 65.6 Å². The highest BCUT2D eigenvalue weighted by Crippen LogP contribution is 2.33. The van der Waals surface area contributed by atoms with Crippen LogP contribution >= 0.6 is 0 Å². The molecule has 3 heterocycles. The van der Waals surface area contributed by atoms with Gasteiger partial charge >= 0.3 is 0 Å². The fraction of sp³-hybridized carbons (Fsp3) is 0.321. The fourth-order valence-corrected chi connectivity index (χ4v) is 4.63. The zero-order valence-electron chi connectivity index (χ0n) is 19.9. The number of ether oxygens (including phenoxy) is 2. The van der Waals surface area contributed by atoms with Crippen LogP contribution in [0, 0.1) is 0 Å². The van der Waals surface area contributed by atoms with Crippen molar-refractivity contribution < 1.29 is 24.2 Å². The first kappa shape index (κ1) is 24.0. The van der Waals surface area contributed by atoms with Gasteiger partial charge in [0.05, 0.1) is 11.7 Å². The molecule has 0 radical (unpaired) electrons. The molecular weight excluding hydrogens is 458 g/mol. The van der Waals surface area contributed by atoms with Gasteiger partial charge in [-0.1, -0.05) is 36.4 Å². The van der Waals surface area contributed by atoms with E-state index in [0.29, 0.717) is 36.8 Å². The second-order valence-electron chi connectivity index (χ2n) is 9.06. The lowest BCUT2D eigenvalue weighted by Crippen LogP contribution is -2.48. The van der Waals surface area contributed by atoms with Crippen LogP contribution in [0.15, 0.2) is 66.9 Å². The first-order valence-corrected chi connectivity index (χ1v) is 12.2. The second-order valence-corrected chi connectivity index (χ2v) is 9.06. The smallest absolute Gasteiger partial charge is 0.292 e. The monoisotopic (exact) mass is 487 g/mol. The number of Topliss-reactive ketones (excluding diaryl/α,β-unsaturated/α-hetero) is 1. The van der Waals surface area contributed by atoms with Crippen LogP contribution in [-0.2, 0) is 4.79 Å². The van der Waals surface area contributed by atoms with Gasteiger partial charge in [0, 0.05) is 23.9 Å². The van der Waals surface area contributed by atoms with Gasteiger partial charge in [-0.3, -0.25) is 14.6 Å². The highest BCUT2D eigenvalue weighted by atomic mass is 16.6. The summed E-state index contributed by atoms with van der Waals surface area (Å²) < 4.78 is 11.2. The van der Waals surface area contributed by atoms with Gasteiger partial charge in [-0.2, -0.15) is 0 Å². The minimum atomic E-state index is -1.02. The number of benzene rings is 2. The highest BCUT2D eigenvalue weighted by Gasteiger charge is 2.30. The molecule has 0 aliphatic carbocycles. The minimum absolute atomic E-state index is 0.279.